The van der Waals surface area contributed by atoms with E-state index in [1.807, 2.05) is 0 Å². The topological polar surface area (TPSA) is 63.7 Å². The van der Waals surface area contributed by atoms with Gasteiger partial charge in [-0.2, -0.15) is 0 Å². The number of unbranched alkanes of at least 4 members (excludes halogenated alkanes) is 9. The number of nitrogens with zero attached hydrogens (tertiary/aromatic N) is 1. The highest BCUT2D eigenvalue weighted by Crippen LogP contribution is 2.19. The molecule has 0 rings (SSSR count). The van der Waals surface area contributed by atoms with E-state index in [4.69, 9.17) is 4.74 Å². The second-order valence-electron chi connectivity index (χ2n) is 8.87. The lowest BCUT2D eigenvalue weighted by Gasteiger charge is -2.15. The summed E-state index contributed by atoms with van der Waals surface area (Å²) in [5.41, 5.74) is 0. The summed E-state index contributed by atoms with van der Waals surface area (Å²) in [6, 6.07) is 0. The van der Waals surface area contributed by atoms with Gasteiger partial charge >= 0.3 is 5.97 Å². The molecule has 0 bridgehead atoms. The van der Waals surface area contributed by atoms with Crippen LogP contribution in [0, 0.1) is 5.92 Å². The Morgan fingerprint density at radius 1 is 0.767 bits per heavy atom. The van der Waals surface area contributed by atoms with Crippen LogP contribution in [0.1, 0.15) is 110 Å². The number of ether oxygens (including phenoxy) is 1. The maximum Gasteiger partial charge on any atom is 0.309 e. The molecule has 0 amide bonds. The number of hydrogen-bond acceptors (Lipinski definition) is 5. The molecule has 0 aliphatic heterocycles. The van der Waals surface area contributed by atoms with Crippen LogP contribution in [0.5, 0.6) is 0 Å². The van der Waals surface area contributed by atoms with Crippen molar-refractivity contribution in [3.63, 3.8) is 0 Å². The van der Waals surface area contributed by atoms with Crippen molar-refractivity contribution in [2.24, 2.45) is 5.92 Å². The van der Waals surface area contributed by atoms with Gasteiger partial charge < -0.3 is 14.4 Å². The van der Waals surface area contributed by atoms with E-state index < -0.39 is 0 Å². The molecular weight excluding hydrogens is 378 g/mol. The molecule has 5 heteroatoms. The van der Waals surface area contributed by atoms with Crippen molar-refractivity contribution in [2.45, 2.75) is 110 Å². The van der Waals surface area contributed by atoms with E-state index in [0.717, 1.165) is 32.1 Å². The Bertz CT molecular complexity index is 462. The van der Waals surface area contributed by atoms with E-state index in [0.29, 0.717) is 32.3 Å². The van der Waals surface area contributed by atoms with Gasteiger partial charge in [-0.25, -0.2) is 0 Å². The van der Waals surface area contributed by atoms with Gasteiger partial charge in [-0.15, -0.1) is 0 Å². The van der Waals surface area contributed by atoms with E-state index >= 15 is 0 Å². The highest BCUT2D eigenvalue weighted by molar-refractivity contribution is 5.84. The molecule has 0 aromatic rings. The number of carbonyl (C=O) groups excluding carboxylic acids is 3. The number of Topliss-reactive ketones (excluding diaryl/α,β-unsaturated/α-hetero) is 2. The zero-order chi connectivity index (χ0) is 22.6. The molecule has 176 valence electrons. The molecule has 0 saturated carbocycles. The lowest BCUT2D eigenvalue weighted by Crippen LogP contribution is -2.21. The van der Waals surface area contributed by atoms with Crippen LogP contribution in [0.3, 0.4) is 0 Å². The van der Waals surface area contributed by atoms with Crippen LogP contribution in [0.2, 0.25) is 0 Å². The van der Waals surface area contributed by atoms with E-state index in [-0.39, 0.29) is 23.5 Å². The zero-order valence-corrected chi connectivity index (χ0v) is 20.2. The molecule has 0 spiro atoms. The fourth-order valence-electron chi connectivity index (χ4n) is 3.69. The fourth-order valence-corrected chi connectivity index (χ4v) is 3.69. The van der Waals surface area contributed by atoms with Crippen molar-refractivity contribution in [1.82, 2.24) is 4.90 Å². The molecule has 1 atom stereocenters. The van der Waals surface area contributed by atoms with Crippen LogP contribution in [0.25, 0.3) is 0 Å². The first-order valence-electron chi connectivity index (χ1n) is 12.2. The van der Waals surface area contributed by atoms with Gasteiger partial charge in [0, 0.05) is 19.3 Å². The van der Waals surface area contributed by atoms with Crippen LogP contribution >= 0.6 is 0 Å². The standard InChI is InChI=1S/C25H47NO4/c1-5-30-25(29)23(18-14-12-13-17-22(2)27)21-24(28)19-15-10-8-6-7-9-11-16-20-26(3)4/h23H,5-21H2,1-4H3. The molecule has 0 N–H and O–H groups in total. The van der Waals surface area contributed by atoms with Crippen LogP contribution in [-0.4, -0.2) is 49.7 Å². The van der Waals surface area contributed by atoms with Crippen molar-refractivity contribution in [2.75, 3.05) is 27.2 Å². The van der Waals surface area contributed by atoms with Crippen LogP contribution < -0.4 is 0 Å². The van der Waals surface area contributed by atoms with Gasteiger partial charge in [0.25, 0.3) is 0 Å². The molecule has 0 aromatic carbocycles. The summed E-state index contributed by atoms with van der Waals surface area (Å²) in [4.78, 5) is 37.8. The van der Waals surface area contributed by atoms with Crippen molar-refractivity contribution in [1.29, 1.82) is 0 Å². The Morgan fingerprint density at radius 3 is 1.87 bits per heavy atom. The van der Waals surface area contributed by atoms with Gasteiger partial charge in [-0.05, 0) is 60.2 Å². The summed E-state index contributed by atoms with van der Waals surface area (Å²) in [6.45, 7) is 4.93. The summed E-state index contributed by atoms with van der Waals surface area (Å²) in [6.07, 6.45) is 14.4. The minimum Gasteiger partial charge on any atom is -0.466 e. The van der Waals surface area contributed by atoms with Gasteiger partial charge in [0.05, 0.1) is 12.5 Å². The smallest absolute Gasteiger partial charge is 0.309 e. The first kappa shape index (κ1) is 28.8. The molecule has 0 heterocycles. The Kier molecular flexibility index (Phi) is 18.9. The highest BCUT2D eigenvalue weighted by Gasteiger charge is 2.22. The number of esters is 1. The van der Waals surface area contributed by atoms with Crippen molar-refractivity contribution in [3.05, 3.63) is 0 Å². The van der Waals surface area contributed by atoms with Crippen LogP contribution in [0.15, 0.2) is 0 Å². The summed E-state index contributed by atoms with van der Waals surface area (Å²) in [7, 11) is 4.24. The molecule has 0 aliphatic rings. The fraction of sp³-hybridized carbons (Fsp3) is 0.880. The number of ketones is 2. The third kappa shape index (κ3) is 18.8. The molecule has 5 nitrogen and oxygen atoms in total. The zero-order valence-electron chi connectivity index (χ0n) is 20.2. The van der Waals surface area contributed by atoms with Gasteiger partial charge in [0.1, 0.15) is 11.6 Å². The maximum atomic E-state index is 12.3. The van der Waals surface area contributed by atoms with Gasteiger partial charge in [-0.3, -0.25) is 9.59 Å². The molecule has 30 heavy (non-hydrogen) atoms. The number of rotatable bonds is 21. The van der Waals surface area contributed by atoms with E-state index in [1.165, 1.54) is 45.1 Å². The average molecular weight is 426 g/mol. The Balaban J connectivity index is 3.90. The monoisotopic (exact) mass is 425 g/mol. The lowest BCUT2D eigenvalue weighted by molar-refractivity contribution is -0.150. The molecule has 1 unspecified atom stereocenters. The lowest BCUT2D eigenvalue weighted by atomic mass is 9.93. The van der Waals surface area contributed by atoms with Crippen LogP contribution in [0.4, 0.5) is 0 Å². The SMILES string of the molecule is CCOC(=O)C(CCCCCC(C)=O)CC(=O)CCCCCCCCCCN(C)C. The van der Waals surface area contributed by atoms with E-state index in [9.17, 15) is 14.4 Å². The second-order valence-corrected chi connectivity index (χ2v) is 8.87. The Hall–Kier alpha value is -1.23. The normalized spacial score (nSPS) is 12.2. The quantitative estimate of drug-likeness (QED) is 0.173. The average Bonchev–Trinajstić information content (AvgIpc) is 2.67. The molecule has 0 saturated heterocycles. The molecule has 0 radical (unpaired) electrons. The predicted octanol–water partition coefficient (Wildman–Crippen LogP) is 5.74. The first-order valence-corrected chi connectivity index (χ1v) is 12.2. The number of hydrogen-bond donors (Lipinski definition) is 0. The minimum absolute atomic E-state index is 0.181. The summed E-state index contributed by atoms with van der Waals surface area (Å²) in [5, 5.41) is 0. The van der Waals surface area contributed by atoms with Crippen molar-refractivity contribution < 1.29 is 19.1 Å². The largest absolute Gasteiger partial charge is 0.466 e. The summed E-state index contributed by atoms with van der Waals surface area (Å²) >= 11 is 0. The van der Waals surface area contributed by atoms with E-state index in [2.05, 4.69) is 19.0 Å². The molecular formula is C25H47NO4. The maximum absolute atomic E-state index is 12.3. The van der Waals surface area contributed by atoms with E-state index in [1.54, 1.807) is 13.8 Å². The molecule has 0 aromatic heterocycles. The van der Waals surface area contributed by atoms with Crippen LogP contribution in [-0.2, 0) is 19.1 Å². The third-order valence-corrected chi connectivity index (χ3v) is 5.49. The predicted molar refractivity (Wildman–Crippen MR) is 124 cm³/mol. The third-order valence-electron chi connectivity index (χ3n) is 5.49. The summed E-state index contributed by atoms with van der Waals surface area (Å²) in [5.74, 6) is -0.180. The highest BCUT2D eigenvalue weighted by atomic mass is 16.5. The first-order chi connectivity index (χ1) is 14.4. The Labute approximate surface area is 185 Å². The Morgan fingerprint density at radius 2 is 1.30 bits per heavy atom. The van der Waals surface area contributed by atoms with Gasteiger partial charge in [-0.1, -0.05) is 51.4 Å². The number of carbonyl (C=O) groups is 3. The second kappa shape index (κ2) is 19.7. The van der Waals surface area contributed by atoms with Gasteiger partial charge in [0.2, 0.25) is 0 Å². The van der Waals surface area contributed by atoms with Crippen molar-refractivity contribution in [3.8, 4) is 0 Å². The van der Waals surface area contributed by atoms with Gasteiger partial charge in [0.15, 0.2) is 0 Å². The molecule has 0 fully saturated rings. The molecule has 0 aliphatic carbocycles. The van der Waals surface area contributed by atoms with Crippen molar-refractivity contribution >= 4 is 17.5 Å². The summed E-state index contributed by atoms with van der Waals surface area (Å²) < 4.78 is 5.16. The minimum atomic E-state index is -0.322.